The van der Waals surface area contributed by atoms with Gasteiger partial charge in [-0.3, -0.25) is 9.59 Å². The van der Waals surface area contributed by atoms with Crippen molar-refractivity contribution in [2.24, 2.45) is 0 Å². The van der Waals surface area contributed by atoms with Gasteiger partial charge in [-0.05, 0) is 39.3 Å². The van der Waals surface area contributed by atoms with Crippen molar-refractivity contribution in [3.05, 3.63) is 29.8 Å². The van der Waals surface area contributed by atoms with Crippen LogP contribution in [0.25, 0.3) is 0 Å². The van der Waals surface area contributed by atoms with Crippen LogP contribution in [0, 0.1) is 0 Å². The summed E-state index contributed by atoms with van der Waals surface area (Å²) in [5.41, 5.74) is 1.09. The van der Waals surface area contributed by atoms with Gasteiger partial charge in [0.25, 0.3) is 5.91 Å². The van der Waals surface area contributed by atoms with Gasteiger partial charge in [-0.15, -0.1) is 0 Å². The fourth-order valence-corrected chi connectivity index (χ4v) is 1.80. The van der Waals surface area contributed by atoms with Gasteiger partial charge in [0, 0.05) is 24.2 Å². The summed E-state index contributed by atoms with van der Waals surface area (Å²) in [6.07, 6.45) is 1.02. The second-order valence-corrected chi connectivity index (χ2v) is 5.86. The number of hydrogen-bond acceptors (Lipinski definition) is 4. The van der Waals surface area contributed by atoms with Gasteiger partial charge in [-0.2, -0.15) is 0 Å². The van der Waals surface area contributed by atoms with E-state index in [1.54, 1.807) is 6.07 Å². The minimum atomic E-state index is -0.283. The highest BCUT2D eigenvalue weighted by Crippen LogP contribution is 2.16. The number of methoxy groups -OCH3 is 1. The van der Waals surface area contributed by atoms with E-state index in [0.717, 1.165) is 5.69 Å². The smallest absolute Gasteiger partial charge is 0.305 e. The minimum absolute atomic E-state index is 0.112. The van der Waals surface area contributed by atoms with Crippen LogP contribution >= 0.6 is 0 Å². The lowest BCUT2D eigenvalue weighted by molar-refractivity contribution is -0.140. The van der Waals surface area contributed by atoms with Gasteiger partial charge in [0.2, 0.25) is 0 Å². The molecule has 5 nitrogen and oxygen atoms in total. The van der Waals surface area contributed by atoms with E-state index >= 15 is 0 Å². The maximum absolute atomic E-state index is 12.2. The molecule has 0 bridgehead atoms. The minimum Gasteiger partial charge on any atom is -0.469 e. The molecule has 116 valence electrons. The average Bonchev–Trinajstić information content (AvgIpc) is 2.41. The van der Waals surface area contributed by atoms with Crippen LogP contribution < -0.4 is 10.6 Å². The van der Waals surface area contributed by atoms with Crippen molar-refractivity contribution in [1.29, 1.82) is 0 Å². The third-order valence-electron chi connectivity index (χ3n) is 2.76. The summed E-state index contributed by atoms with van der Waals surface area (Å²) in [4.78, 5) is 23.3. The molecular formula is C16H24N2O3. The second kappa shape index (κ2) is 7.67. The molecule has 0 aliphatic carbocycles. The molecule has 0 saturated heterocycles. The standard InChI is InChI=1S/C16H24N2O3/c1-16(2,3)18-15(20)12-8-5-6-9-13(12)17-11-7-10-14(19)21-4/h5-6,8-9,17H,7,10-11H2,1-4H3,(H,18,20). The molecule has 1 amide bonds. The van der Waals surface area contributed by atoms with Gasteiger partial charge in [0.05, 0.1) is 12.7 Å². The van der Waals surface area contributed by atoms with E-state index in [0.29, 0.717) is 24.9 Å². The summed E-state index contributed by atoms with van der Waals surface area (Å²) in [5, 5.41) is 6.13. The van der Waals surface area contributed by atoms with E-state index in [9.17, 15) is 9.59 Å². The molecule has 21 heavy (non-hydrogen) atoms. The van der Waals surface area contributed by atoms with Crippen LogP contribution in [-0.2, 0) is 9.53 Å². The monoisotopic (exact) mass is 292 g/mol. The van der Waals surface area contributed by atoms with Gasteiger partial charge >= 0.3 is 5.97 Å². The van der Waals surface area contributed by atoms with Crippen molar-refractivity contribution >= 4 is 17.6 Å². The maximum Gasteiger partial charge on any atom is 0.305 e. The summed E-state index contributed by atoms with van der Waals surface area (Å²) < 4.78 is 4.59. The summed E-state index contributed by atoms with van der Waals surface area (Å²) in [6.45, 7) is 6.43. The normalized spacial score (nSPS) is 10.9. The number of amides is 1. The van der Waals surface area contributed by atoms with E-state index in [4.69, 9.17) is 0 Å². The van der Waals surface area contributed by atoms with Gasteiger partial charge in [0.1, 0.15) is 0 Å². The van der Waals surface area contributed by atoms with E-state index in [1.807, 2.05) is 39.0 Å². The van der Waals surface area contributed by atoms with E-state index < -0.39 is 0 Å². The molecule has 0 saturated carbocycles. The highest BCUT2D eigenvalue weighted by Gasteiger charge is 2.17. The highest BCUT2D eigenvalue weighted by molar-refractivity contribution is 5.99. The fourth-order valence-electron chi connectivity index (χ4n) is 1.80. The van der Waals surface area contributed by atoms with Crippen molar-refractivity contribution in [2.75, 3.05) is 19.0 Å². The lowest BCUT2D eigenvalue weighted by atomic mass is 10.1. The molecule has 0 aliphatic rings. The van der Waals surface area contributed by atoms with Crippen LogP contribution in [0.1, 0.15) is 44.0 Å². The molecule has 1 rings (SSSR count). The highest BCUT2D eigenvalue weighted by atomic mass is 16.5. The Balaban J connectivity index is 2.63. The van der Waals surface area contributed by atoms with Gasteiger partial charge in [-0.1, -0.05) is 12.1 Å². The van der Waals surface area contributed by atoms with Crippen LogP contribution in [-0.4, -0.2) is 31.1 Å². The number of rotatable bonds is 6. The SMILES string of the molecule is COC(=O)CCCNc1ccccc1C(=O)NC(C)(C)C. The molecule has 2 N–H and O–H groups in total. The number of carbonyl (C=O) groups excluding carboxylic acids is 2. The first kappa shape index (κ1) is 17.0. The van der Waals surface area contributed by atoms with Crippen LogP contribution in [0.3, 0.4) is 0 Å². The van der Waals surface area contributed by atoms with Crippen LogP contribution in [0.4, 0.5) is 5.69 Å². The molecule has 0 radical (unpaired) electrons. The number of carbonyl (C=O) groups is 2. The fraction of sp³-hybridized carbons (Fsp3) is 0.500. The molecule has 0 spiro atoms. The summed E-state index contributed by atoms with van der Waals surface area (Å²) in [5.74, 6) is -0.339. The summed E-state index contributed by atoms with van der Waals surface area (Å²) in [6, 6.07) is 7.34. The largest absolute Gasteiger partial charge is 0.469 e. The lowest BCUT2D eigenvalue weighted by Gasteiger charge is -2.21. The molecule has 0 fully saturated rings. The van der Waals surface area contributed by atoms with Crippen LogP contribution in [0.5, 0.6) is 0 Å². The zero-order chi connectivity index (χ0) is 15.9. The number of esters is 1. The molecule has 0 aliphatic heterocycles. The second-order valence-electron chi connectivity index (χ2n) is 5.86. The van der Waals surface area contributed by atoms with Crippen molar-refractivity contribution in [3.63, 3.8) is 0 Å². The molecule has 1 aromatic rings. The number of anilines is 1. The van der Waals surface area contributed by atoms with Crippen molar-refractivity contribution in [2.45, 2.75) is 39.2 Å². The van der Waals surface area contributed by atoms with Crippen molar-refractivity contribution in [3.8, 4) is 0 Å². The van der Waals surface area contributed by atoms with E-state index in [2.05, 4.69) is 15.4 Å². The Morgan fingerprint density at radius 1 is 1.19 bits per heavy atom. The van der Waals surface area contributed by atoms with Crippen molar-refractivity contribution in [1.82, 2.24) is 5.32 Å². The molecular weight excluding hydrogens is 268 g/mol. The Labute approximate surface area is 126 Å². The van der Waals surface area contributed by atoms with Crippen LogP contribution in [0.2, 0.25) is 0 Å². The average molecular weight is 292 g/mol. The Bertz CT molecular complexity index is 493. The summed E-state index contributed by atoms with van der Waals surface area (Å²) in [7, 11) is 1.38. The molecule has 0 atom stereocenters. The number of nitrogens with one attached hydrogen (secondary N) is 2. The number of ether oxygens (including phenoxy) is 1. The Morgan fingerprint density at radius 2 is 1.86 bits per heavy atom. The third-order valence-corrected chi connectivity index (χ3v) is 2.76. The number of para-hydroxylation sites is 1. The molecule has 0 unspecified atom stereocenters. The first-order chi connectivity index (χ1) is 9.83. The predicted octanol–water partition coefficient (Wildman–Crippen LogP) is 2.58. The number of benzene rings is 1. The van der Waals surface area contributed by atoms with E-state index in [-0.39, 0.29) is 17.4 Å². The zero-order valence-electron chi connectivity index (χ0n) is 13.2. The lowest BCUT2D eigenvalue weighted by Crippen LogP contribution is -2.40. The molecule has 5 heteroatoms. The quantitative estimate of drug-likeness (QED) is 0.624. The Kier molecular flexibility index (Phi) is 6.21. The molecule has 0 heterocycles. The van der Waals surface area contributed by atoms with Gasteiger partial charge in [-0.25, -0.2) is 0 Å². The van der Waals surface area contributed by atoms with Crippen LogP contribution in [0.15, 0.2) is 24.3 Å². The Hall–Kier alpha value is -2.04. The summed E-state index contributed by atoms with van der Waals surface area (Å²) >= 11 is 0. The molecule has 0 aromatic heterocycles. The zero-order valence-corrected chi connectivity index (χ0v) is 13.2. The first-order valence-electron chi connectivity index (χ1n) is 7.06. The third kappa shape index (κ3) is 6.29. The molecule has 1 aromatic carbocycles. The van der Waals surface area contributed by atoms with Gasteiger partial charge < -0.3 is 15.4 Å². The Morgan fingerprint density at radius 3 is 2.48 bits per heavy atom. The maximum atomic E-state index is 12.2. The topological polar surface area (TPSA) is 67.4 Å². The van der Waals surface area contributed by atoms with Crippen molar-refractivity contribution < 1.29 is 14.3 Å². The van der Waals surface area contributed by atoms with Gasteiger partial charge in [0.15, 0.2) is 0 Å². The first-order valence-corrected chi connectivity index (χ1v) is 7.06. The van der Waals surface area contributed by atoms with E-state index in [1.165, 1.54) is 7.11 Å². The number of hydrogen-bond donors (Lipinski definition) is 2. The predicted molar refractivity (Wildman–Crippen MR) is 83.4 cm³/mol.